The van der Waals surface area contributed by atoms with Crippen LogP contribution in [0.15, 0.2) is 35.7 Å². The lowest BCUT2D eigenvalue weighted by molar-refractivity contribution is 0.662. The van der Waals surface area contributed by atoms with Crippen molar-refractivity contribution in [3.8, 4) is 0 Å². The Morgan fingerprint density at radius 2 is 2.36 bits per heavy atom. The van der Waals surface area contributed by atoms with Crippen molar-refractivity contribution in [3.05, 3.63) is 35.7 Å². The minimum atomic E-state index is -0.118. The molecule has 0 unspecified atom stereocenters. The summed E-state index contributed by atoms with van der Waals surface area (Å²) in [5.74, 6) is -0.118. The molecule has 0 atom stereocenters. The summed E-state index contributed by atoms with van der Waals surface area (Å²) in [5.41, 5.74) is 1.32. The minimum absolute atomic E-state index is 0.118. The SMILES string of the molecule is CCCC1=CC=CC(F)=CC1. The van der Waals surface area contributed by atoms with Gasteiger partial charge in [-0.15, -0.1) is 0 Å². The first-order valence-electron chi connectivity index (χ1n) is 4.04. The molecule has 11 heavy (non-hydrogen) atoms. The van der Waals surface area contributed by atoms with Gasteiger partial charge in [0.05, 0.1) is 0 Å². The lowest BCUT2D eigenvalue weighted by Crippen LogP contribution is -1.78. The van der Waals surface area contributed by atoms with Crippen LogP contribution in [0.2, 0.25) is 0 Å². The van der Waals surface area contributed by atoms with Gasteiger partial charge in [-0.2, -0.15) is 0 Å². The maximum absolute atomic E-state index is 12.6. The van der Waals surface area contributed by atoms with Crippen molar-refractivity contribution >= 4 is 0 Å². The van der Waals surface area contributed by atoms with Crippen molar-refractivity contribution in [2.45, 2.75) is 26.2 Å². The maximum atomic E-state index is 12.6. The van der Waals surface area contributed by atoms with Gasteiger partial charge in [0.1, 0.15) is 5.83 Å². The first-order chi connectivity index (χ1) is 5.33. The van der Waals surface area contributed by atoms with E-state index in [4.69, 9.17) is 0 Å². The van der Waals surface area contributed by atoms with Crippen LogP contribution in [0, 0.1) is 0 Å². The monoisotopic (exact) mass is 152 g/mol. The van der Waals surface area contributed by atoms with E-state index in [0.29, 0.717) is 0 Å². The molecule has 0 saturated carbocycles. The predicted molar refractivity (Wildman–Crippen MR) is 45.9 cm³/mol. The van der Waals surface area contributed by atoms with Crippen molar-refractivity contribution in [1.29, 1.82) is 0 Å². The standard InChI is InChI=1S/C10H13F/c1-2-4-9-5-3-6-10(11)8-7-9/h3,5-6,8H,2,4,7H2,1H3. The smallest absolute Gasteiger partial charge is 0.119 e. The lowest BCUT2D eigenvalue weighted by Gasteiger charge is -1.98. The van der Waals surface area contributed by atoms with Crippen molar-refractivity contribution in [1.82, 2.24) is 0 Å². The van der Waals surface area contributed by atoms with E-state index >= 15 is 0 Å². The number of hydrogen-bond donors (Lipinski definition) is 0. The summed E-state index contributed by atoms with van der Waals surface area (Å²) >= 11 is 0. The van der Waals surface area contributed by atoms with E-state index in [0.717, 1.165) is 19.3 Å². The maximum Gasteiger partial charge on any atom is 0.119 e. The summed E-state index contributed by atoms with van der Waals surface area (Å²) in [6, 6.07) is 0. The third-order valence-corrected chi connectivity index (χ3v) is 1.72. The summed E-state index contributed by atoms with van der Waals surface area (Å²) in [7, 11) is 0. The van der Waals surface area contributed by atoms with Crippen LogP contribution in [0.4, 0.5) is 4.39 Å². The van der Waals surface area contributed by atoms with Crippen LogP contribution in [-0.2, 0) is 0 Å². The van der Waals surface area contributed by atoms with Crippen LogP contribution < -0.4 is 0 Å². The van der Waals surface area contributed by atoms with Gasteiger partial charge in [0.25, 0.3) is 0 Å². The Labute approximate surface area is 67.1 Å². The fraction of sp³-hybridized carbons (Fsp3) is 0.400. The summed E-state index contributed by atoms with van der Waals surface area (Å²) in [6.45, 7) is 2.13. The van der Waals surface area contributed by atoms with Crippen molar-refractivity contribution < 1.29 is 4.39 Å². The van der Waals surface area contributed by atoms with Gasteiger partial charge in [-0.25, -0.2) is 4.39 Å². The average molecular weight is 152 g/mol. The topological polar surface area (TPSA) is 0 Å². The Balaban J connectivity index is 2.58. The van der Waals surface area contributed by atoms with Crippen LogP contribution in [0.1, 0.15) is 26.2 Å². The molecule has 0 fully saturated rings. The third-order valence-electron chi connectivity index (χ3n) is 1.72. The summed E-state index contributed by atoms with van der Waals surface area (Å²) in [4.78, 5) is 0. The molecule has 0 aliphatic heterocycles. The Kier molecular flexibility index (Phi) is 3.09. The summed E-state index contributed by atoms with van der Waals surface area (Å²) < 4.78 is 12.6. The van der Waals surface area contributed by atoms with E-state index in [9.17, 15) is 4.39 Å². The largest absolute Gasteiger partial charge is 0.207 e. The Bertz CT molecular complexity index is 206. The van der Waals surface area contributed by atoms with Gasteiger partial charge < -0.3 is 0 Å². The minimum Gasteiger partial charge on any atom is -0.207 e. The highest BCUT2D eigenvalue weighted by Gasteiger charge is 1.97. The number of halogens is 1. The van der Waals surface area contributed by atoms with E-state index < -0.39 is 0 Å². The number of rotatable bonds is 2. The first kappa shape index (κ1) is 8.25. The van der Waals surface area contributed by atoms with Gasteiger partial charge in [-0.3, -0.25) is 0 Å². The molecule has 60 valence electrons. The van der Waals surface area contributed by atoms with Crippen molar-refractivity contribution in [2.24, 2.45) is 0 Å². The Morgan fingerprint density at radius 1 is 1.55 bits per heavy atom. The van der Waals surface area contributed by atoms with Gasteiger partial charge in [0.2, 0.25) is 0 Å². The fourth-order valence-corrected chi connectivity index (χ4v) is 1.15. The van der Waals surface area contributed by atoms with E-state index in [2.05, 4.69) is 6.92 Å². The molecule has 0 nitrogen and oxygen atoms in total. The highest BCUT2D eigenvalue weighted by atomic mass is 19.1. The zero-order valence-electron chi connectivity index (χ0n) is 6.81. The molecule has 0 saturated heterocycles. The molecular formula is C10H13F. The van der Waals surface area contributed by atoms with Gasteiger partial charge >= 0.3 is 0 Å². The van der Waals surface area contributed by atoms with Gasteiger partial charge in [0, 0.05) is 0 Å². The third kappa shape index (κ3) is 2.71. The van der Waals surface area contributed by atoms with E-state index in [1.165, 1.54) is 11.6 Å². The number of allylic oxidation sites excluding steroid dienone is 6. The quantitative estimate of drug-likeness (QED) is 0.567. The van der Waals surface area contributed by atoms with E-state index in [1.54, 1.807) is 12.2 Å². The zero-order chi connectivity index (χ0) is 8.10. The second kappa shape index (κ2) is 4.12. The first-order valence-corrected chi connectivity index (χ1v) is 4.04. The van der Waals surface area contributed by atoms with Crippen LogP contribution in [0.5, 0.6) is 0 Å². The Morgan fingerprint density at radius 3 is 3.09 bits per heavy atom. The molecule has 0 aromatic carbocycles. The Hall–Kier alpha value is -0.850. The van der Waals surface area contributed by atoms with Crippen LogP contribution in [-0.4, -0.2) is 0 Å². The predicted octanol–water partition coefficient (Wildman–Crippen LogP) is 3.53. The van der Waals surface area contributed by atoms with Crippen molar-refractivity contribution in [3.63, 3.8) is 0 Å². The summed E-state index contributed by atoms with van der Waals surface area (Å²) in [6.07, 6.45) is 9.90. The fourth-order valence-electron chi connectivity index (χ4n) is 1.15. The highest BCUT2D eigenvalue weighted by Crippen LogP contribution is 2.16. The molecule has 1 aliphatic rings. The molecule has 1 aliphatic carbocycles. The molecular weight excluding hydrogens is 139 g/mol. The molecule has 0 spiro atoms. The molecule has 0 amide bonds. The second-order valence-corrected chi connectivity index (χ2v) is 2.73. The van der Waals surface area contributed by atoms with Crippen molar-refractivity contribution in [2.75, 3.05) is 0 Å². The van der Waals surface area contributed by atoms with E-state index in [-0.39, 0.29) is 5.83 Å². The highest BCUT2D eigenvalue weighted by molar-refractivity contribution is 5.26. The molecule has 0 radical (unpaired) electrons. The van der Waals surface area contributed by atoms with Crippen LogP contribution in [0.3, 0.4) is 0 Å². The van der Waals surface area contributed by atoms with Crippen LogP contribution >= 0.6 is 0 Å². The molecule has 0 aromatic heterocycles. The molecule has 1 rings (SSSR count). The summed E-state index contributed by atoms with van der Waals surface area (Å²) in [5, 5.41) is 0. The van der Waals surface area contributed by atoms with Crippen LogP contribution in [0.25, 0.3) is 0 Å². The van der Waals surface area contributed by atoms with Gasteiger partial charge in [-0.05, 0) is 25.0 Å². The molecule has 0 aromatic rings. The molecule has 0 heterocycles. The molecule has 0 bridgehead atoms. The van der Waals surface area contributed by atoms with Gasteiger partial charge in [-0.1, -0.05) is 31.1 Å². The lowest BCUT2D eigenvalue weighted by atomic mass is 10.1. The van der Waals surface area contributed by atoms with Gasteiger partial charge in [0.15, 0.2) is 0 Å². The second-order valence-electron chi connectivity index (χ2n) is 2.73. The zero-order valence-corrected chi connectivity index (χ0v) is 6.81. The molecule has 1 heteroatoms. The number of hydrogen-bond acceptors (Lipinski definition) is 0. The normalized spacial score (nSPS) is 17.3. The average Bonchev–Trinajstić information content (AvgIpc) is 2.17. The molecule has 0 N–H and O–H groups in total. The van der Waals surface area contributed by atoms with E-state index in [1.807, 2.05) is 6.08 Å².